The molecule has 1 heterocycles. The summed E-state index contributed by atoms with van der Waals surface area (Å²) >= 11 is 6.87. The van der Waals surface area contributed by atoms with E-state index in [0.717, 1.165) is 11.3 Å². The minimum absolute atomic E-state index is 0.0722. The molecule has 1 aromatic heterocycles. The smallest absolute Gasteiger partial charge is 0.271 e. The van der Waals surface area contributed by atoms with Crippen LogP contribution in [0.2, 0.25) is 4.34 Å². The SMILES string of the molecule is O=C(Nc1cccc([N+](=O)[O-])c1)c1ccc(Cl)s1. The van der Waals surface area contributed by atoms with Crippen molar-refractivity contribution in [3.8, 4) is 0 Å². The number of thiophene rings is 1. The minimum Gasteiger partial charge on any atom is -0.321 e. The lowest BCUT2D eigenvalue weighted by atomic mass is 10.3. The number of benzene rings is 1. The number of nitrogens with one attached hydrogen (secondary N) is 1. The maximum Gasteiger partial charge on any atom is 0.271 e. The van der Waals surface area contributed by atoms with Gasteiger partial charge in [0.25, 0.3) is 11.6 Å². The number of nitro benzene ring substituents is 1. The van der Waals surface area contributed by atoms with Crippen LogP contribution >= 0.6 is 22.9 Å². The highest BCUT2D eigenvalue weighted by molar-refractivity contribution is 7.18. The van der Waals surface area contributed by atoms with Crippen molar-refractivity contribution in [3.63, 3.8) is 0 Å². The molecule has 0 aliphatic rings. The van der Waals surface area contributed by atoms with Gasteiger partial charge in [-0.2, -0.15) is 0 Å². The normalized spacial score (nSPS) is 10.1. The van der Waals surface area contributed by atoms with E-state index in [2.05, 4.69) is 5.32 Å². The van der Waals surface area contributed by atoms with Crippen LogP contribution < -0.4 is 5.32 Å². The second-order valence-electron chi connectivity index (χ2n) is 3.37. The van der Waals surface area contributed by atoms with Crippen LogP contribution in [0.3, 0.4) is 0 Å². The average molecular weight is 283 g/mol. The Hall–Kier alpha value is -1.92. The second kappa shape index (κ2) is 5.16. The Balaban J connectivity index is 2.16. The summed E-state index contributed by atoms with van der Waals surface area (Å²) in [5.41, 5.74) is 0.302. The van der Waals surface area contributed by atoms with Gasteiger partial charge in [0.05, 0.1) is 14.1 Å². The Bertz CT molecular complexity index is 612. The number of carbonyl (C=O) groups excluding carboxylic acids is 1. The second-order valence-corrected chi connectivity index (χ2v) is 5.08. The number of hydrogen-bond donors (Lipinski definition) is 1. The molecule has 0 radical (unpaired) electrons. The highest BCUT2D eigenvalue weighted by Crippen LogP contribution is 2.23. The molecule has 2 rings (SSSR count). The van der Waals surface area contributed by atoms with E-state index in [9.17, 15) is 14.9 Å². The summed E-state index contributed by atoms with van der Waals surface area (Å²) in [6.07, 6.45) is 0. The number of rotatable bonds is 3. The van der Waals surface area contributed by atoms with Crippen LogP contribution in [0, 0.1) is 10.1 Å². The molecule has 92 valence electrons. The molecule has 0 bridgehead atoms. The number of hydrogen-bond acceptors (Lipinski definition) is 4. The van der Waals surface area contributed by atoms with Crippen molar-refractivity contribution in [2.75, 3.05) is 5.32 Å². The highest BCUT2D eigenvalue weighted by atomic mass is 35.5. The van der Waals surface area contributed by atoms with Crippen LogP contribution in [-0.4, -0.2) is 10.8 Å². The zero-order valence-corrected chi connectivity index (χ0v) is 10.5. The largest absolute Gasteiger partial charge is 0.321 e. The zero-order valence-electron chi connectivity index (χ0n) is 8.92. The van der Waals surface area contributed by atoms with Crippen molar-refractivity contribution in [1.29, 1.82) is 0 Å². The Morgan fingerprint density at radius 1 is 1.33 bits per heavy atom. The molecule has 0 fully saturated rings. The molecule has 0 atom stereocenters. The summed E-state index contributed by atoms with van der Waals surface area (Å²) in [5.74, 6) is -0.340. The number of carbonyl (C=O) groups is 1. The van der Waals surface area contributed by atoms with E-state index in [1.165, 1.54) is 18.2 Å². The maximum absolute atomic E-state index is 11.8. The highest BCUT2D eigenvalue weighted by Gasteiger charge is 2.11. The summed E-state index contributed by atoms with van der Waals surface area (Å²) in [5, 5.41) is 13.2. The summed E-state index contributed by atoms with van der Waals surface area (Å²) < 4.78 is 0.513. The van der Waals surface area contributed by atoms with Gasteiger partial charge >= 0.3 is 0 Å². The van der Waals surface area contributed by atoms with Gasteiger partial charge in [-0.1, -0.05) is 17.7 Å². The average Bonchev–Trinajstić information content (AvgIpc) is 2.76. The predicted octanol–water partition coefficient (Wildman–Crippen LogP) is 3.56. The number of halogens is 1. The summed E-state index contributed by atoms with van der Waals surface area (Å²) in [4.78, 5) is 22.3. The van der Waals surface area contributed by atoms with E-state index < -0.39 is 4.92 Å². The molecule has 0 aliphatic heterocycles. The molecule has 18 heavy (non-hydrogen) atoms. The van der Waals surface area contributed by atoms with Crippen molar-refractivity contribution < 1.29 is 9.72 Å². The van der Waals surface area contributed by atoms with Gasteiger partial charge in [0.1, 0.15) is 0 Å². The first-order valence-corrected chi connectivity index (χ1v) is 6.07. The molecule has 5 nitrogen and oxygen atoms in total. The first kappa shape index (κ1) is 12.5. The quantitative estimate of drug-likeness (QED) is 0.691. The van der Waals surface area contributed by atoms with Crippen molar-refractivity contribution >= 4 is 40.2 Å². The minimum atomic E-state index is -0.516. The topological polar surface area (TPSA) is 72.2 Å². The van der Waals surface area contributed by atoms with Crippen LogP contribution in [0.15, 0.2) is 36.4 Å². The zero-order chi connectivity index (χ0) is 13.1. The molecule has 1 N–H and O–H groups in total. The fraction of sp³-hybridized carbons (Fsp3) is 0. The van der Waals surface area contributed by atoms with Gasteiger partial charge in [0, 0.05) is 17.8 Å². The molecule has 0 aliphatic carbocycles. The van der Waals surface area contributed by atoms with Gasteiger partial charge < -0.3 is 5.32 Å². The first-order valence-electron chi connectivity index (χ1n) is 4.87. The molecule has 1 aromatic carbocycles. The third kappa shape index (κ3) is 2.85. The number of non-ortho nitro benzene ring substituents is 1. The van der Waals surface area contributed by atoms with Gasteiger partial charge in [-0.3, -0.25) is 14.9 Å². The molecule has 7 heteroatoms. The number of nitro groups is 1. The van der Waals surface area contributed by atoms with Crippen molar-refractivity contribution in [1.82, 2.24) is 0 Å². The van der Waals surface area contributed by atoms with E-state index in [0.29, 0.717) is 14.9 Å². The number of nitrogens with zero attached hydrogens (tertiary/aromatic N) is 1. The molecule has 2 aromatic rings. The standard InChI is InChI=1S/C11H7ClN2O3S/c12-10-5-4-9(18-10)11(15)13-7-2-1-3-8(6-7)14(16)17/h1-6H,(H,13,15). The maximum atomic E-state index is 11.8. The fourth-order valence-corrected chi connectivity index (χ4v) is 2.26. The Kier molecular flexibility index (Phi) is 3.59. The van der Waals surface area contributed by atoms with Gasteiger partial charge in [-0.25, -0.2) is 0 Å². The van der Waals surface area contributed by atoms with Crippen LogP contribution in [0.4, 0.5) is 11.4 Å². The number of anilines is 1. The van der Waals surface area contributed by atoms with Crippen molar-refractivity contribution in [3.05, 3.63) is 55.7 Å². The lowest BCUT2D eigenvalue weighted by molar-refractivity contribution is -0.384. The van der Waals surface area contributed by atoms with E-state index in [4.69, 9.17) is 11.6 Å². The van der Waals surface area contributed by atoms with E-state index in [-0.39, 0.29) is 11.6 Å². The van der Waals surface area contributed by atoms with Gasteiger partial charge in [0.15, 0.2) is 0 Å². The van der Waals surface area contributed by atoms with Crippen molar-refractivity contribution in [2.24, 2.45) is 0 Å². The molecular weight excluding hydrogens is 276 g/mol. The van der Waals surface area contributed by atoms with Crippen LogP contribution in [-0.2, 0) is 0 Å². The Morgan fingerprint density at radius 2 is 2.11 bits per heavy atom. The van der Waals surface area contributed by atoms with Gasteiger partial charge in [-0.05, 0) is 18.2 Å². The lowest BCUT2D eigenvalue weighted by Crippen LogP contribution is -2.10. The Labute approximate surface area is 111 Å². The molecule has 0 saturated carbocycles. The van der Waals surface area contributed by atoms with Gasteiger partial charge in [-0.15, -0.1) is 11.3 Å². The molecule has 0 unspecified atom stereocenters. The summed E-state index contributed by atoms with van der Waals surface area (Å²) in [7, 11) is 0. The monoisotopic (exact) mass is 282 g/mol. The van der Waals surface area contributed by atoms with E-state index in [1.807, 2.05) is 0 Å². The van der Waals surface area contributed by atoms with E-state index >= 15 is 0 Å². The third-order valence-corrected chi connectivity index (χ3v) is 3.34. The third-order valence-electron chi connectivity index (χ3n) is 2.11. The molecular formula is C11H7ClN2O3S. The van der Waals surface area contributed by atoms with Crippen LogP contribution in [0.1, 0.15) is 9.67 Å². The van der Waals surface area contributed by atoms with Crippen LogP contribution in [0.5, 0.6) is 0 Å². The molecule has 0 saturated heterocycles. The molecule has 0 spiro atoms. The Morgan fingerprint density at radius 3 is 2.72 bits per heavy atom. The van der Waals surface area contributed by atoms with Crippen molar-refractivity contribution in [2.45, 2.75) is 0 Å². The van der Waals surface area contributed by atoms with Gasteiger partial charge in [0.2, 0.25) is 0 Å². The first-order chi connectivity index (χ1) is 8.56. The predicted molar refractivity (Wildman–Crippen MR) is 70.4 cm³/mol. The number of amides is 1. The summed E-state index contributed by atoms with van der Waals surface area (Å²) in [6.45, 7) is 0. The lowest BCUT2D eigenvalue weighted by Gasteiger charge is -2.02. The van der Waals surface area contributed by atoms with Crippen LogP contribution in [0.25, 0.3) is 0 Å². The van der Waals surface area contributed by atoms with E-state index in [1.54, 1.807) is 18.2 Å². The fourth-order valence-electron chi connectivity index (χ4n) is 1.33. The molecule has 1 amide bonds. The summed E-state index contributed by atoms with van der Waals surface area (Å²) in [6, 6.07) is 8.97.